The van der Waals surface area contributed by atoms with Crippen LogP contribution in [0.2, 0.25) is 0 Å². The summed E-state index contributed by atoms with van der Waals surface area (Å²) < 4.78 is 10.5. The number of anilines is 1. The van der Waals surface area contributed by atoms with Crippen LogP contribution in [0.15, 0.2) is 42.5 Å². The predicted octanol–water partition coefficient (Wildman–Crippen LogP) is 2.45. The molecule has 114 valence electrons. The molecular weight excluding hydrogens is 280 g/mol. The van der Waals surface area contributed by atoms with Gasteiger partial charge in [-0.3, -0.25) is 4.79 Å². The standard InChI is InChI=1S/C17H18N2O3/c1-12-2-4-13(5-3-12)9-18-10-17(20)19-14-6-7-15-16(8-14)22-11-21-15/h2-8,18H,9-11H2,1H3,(H,19,20). The molecule has 2 N–H and O–H groups in total. The SMILES string of the molecule is Cc1ccc(CNCC(=O)Nc2ccc3c(c2)OCO3)cc1. The number of benzene rings is 2. The summed E-state index contributed by atoms with van der Waals surface area (Å²) in [5, 5.41) is 5.96. The number of carbonyl (C=O) groups excluding carboxylic acids is 1. The summed E-state index contributed by atoms with van der Waals surface area (Å²) in [4.78, 5) is 11.9. The molecule has 1 aliphatic rings. The molecule has 0 aromatic heterocycles. The zero-order valence-corrected chi connectivity index (χ0v) is 12.4. The Morgan fingerprint density at radius 2 is 1.86 bits per heavy atom. The van der Waals surface area contributed by atoms with Gasteiger partial charge >= 0.3 is 0 Å². The van der Waals surface area contributed by atoms with Gasteiger partial charge in [0.05, 0.1) is 6.54 Å². The van der Waals surface area contributed by atoms with E-state index in [4.69, 9.17) is 9.47 Å². The molecule has 3 rings (SSSR count). The van der Waals surface area contributed by atoms with Crippen LogP contribution in [0.3, 0.4) is 0 Å². The van der Waals surface area contributed by atoms with Gasteiger partial charge in [0.15, 0.2) is 11.5 Å². The lowest BCUT2D eigenvalue weighted by molar-refractivity contribution is -0.115. The molecule has 0 aliphatic carbocycles. The van der Waals surface area contributed by atoms with Gasteiger partial charge in [0.25, 0.3) is 0 Å². The van der Waals surface area contributed by atoms with Crippen molar-refractivity contribution in [2.24, 2.45) is 0 Å². The molecule has 0 spiro atoms. The number of amides is 1. The number of hydrogen-bond acceptors (Lipinski definition) is 4. The fraction of sp³-hybridized carbons (Fsp3) is 0.235. The topological polar surface area (TPSA) is 59.6 Å². The third kappa shape index (κ3) is 3.56. The smallest absolute Gasteiger partial charge is 0.238 e. The molecule has 22 heavy (non-hydrogen) atoms. The predicted molar refractivity (Wildman–Crippen MR) is 84.1 cm³/mol. The van der Waals surface area contributed by atoms with Gasteiger partial charge < -0.3 is 20.1 Å². The van der Waals surface area contributed by atoms with Gasteiger partial charge in [0, 0.05) is 18.3 Å². The first-order valence-electron chi connectivity index (χ1n) is 7.16. The van der Waals surface area contributed by atoms with Crippen molar-refractivity contribution in [1.29, 1.82) is 0 Å². The molecule has 1 heterocycles. The third-order valence-electron chi connectivity index (χ3n) is 3.39. The van der Waals surface area contributed by atoms with Crippen molar-refractivity contribution in [3.8, 4) is 11.5 Å². The molecule has 0 bridgehead atoms. The highest BCUT2D eigenvalue weighted by Crippen LogP contribution is 2.34. The summed E-state index contributed by atoms with van der Waals surface area (Å²) in [6.45, 7) is 3.19. The Morgan fingerprint density at radius 3 is 2.68 bits per heavy atom. The summed E-state index contributed by atoms with van der Waals surface area (Å²) in [7, 11) is 0. The maximum atomic E-state index is 11.9. The van der Waals surface area contributed by atoms with Crippen LogP contribution in [0.1, 0.15) is 11.1 Å². The summed E-state index contributed by atoms with van der Waals surface area (Å²) in [5.41, 5.74) is 3.08. The average molecular weight is 298 g/mol. The largest absolute Gasteiger partial charge is 0.454 e. The molecule has 1 aliphatic heterocycles. The second-order valence-electron chi connectivity index (χ2n) is 5.21. The van der Waals surface area contributed by atoms with Gasteiger partial charge in [-0.1, -0.05) is 29.8 Å². The average Bonchev–Trinajstić information content (AvgIpc) is 2.97. The zero-order valence-electron chi connectivity index (χ0n) is 12.4. The molecule has 5 heteroatoms. The van der Waals surface area contributed by atoms with E-state index in [0.717, 1.165) is 5.56 Å². The van der Waals surface area contributed by atoms with E-state index >= 15 is 0 Å². The van der Waals surface area contributed by atoms with Gasteiger partial charge in [-0.05, 0) is 24.6 Å². The maximum Gasteiger partial charge on any atom is 0.238 e. The molecule has 0 fully saturated rings. The molecule has 0 saturated carbocycles. The lowest BCUT2D eigenvalue weighted by atomic mass is 10.1. The van der Waals surface area contributed by atoms with Crippen LogP contribution in [-0.2, 0) is 11.3 Å². The minimum Gasteiger partial charge on any atom is -0.454 e. The van der Waals surface area contributed by atoms with E-state index in [1.165, 1.54) is 5.56 Å². The van der Waals surface area contributed by atoms with Crippen LogP contribution in [0.5, 0.6) is 11.5 Å². The summed E-state index contributed by atoms with van der Waals surface area (Å²) in [6, 6.07) is 13.6. The molecular formula is C17H18N2O3. The number of rotatable bonds is 5. The van der Waals surface area contributed by atoms with Crippen molar-refractivity contribution in [1.82, 2.24) is 5.32 Å². The number of aryl methyl sites for hydroxylation is 1. The number of hydrogen-bond donors (Lipinski definition) is 2. The van der Waals surface area contributed by atoms with Crippen molar-refractivity contribution in [2.45, 2.75) is 13.5 Å². The quantitative estimate of drug-likeness (QED) is 0.890. The molecule has 0 saturated heterocycles. The fourth-order valence-electron chi connectivity index (χ4n) is 2.21. The van der Waals surface area contributed by atoms with E-state index in [0.29, 0.717) is 23.7 Å². The molecule has 0 atom stereocenters. The maximum absolute atomic E-state index is 11.9. The molecule has 5 nitrogen and oxygen atoms in total. The minimum atomic E-state index is -0.0917. The van der Waals surface area contributed by atoms with Crippen LogP contribution >= 0.6 is 0 Å². The Balaban J connectivity index is 1.47. The van der Waals surface area contributed by atoms with Crippen molar-refractivity contribution >= 4 is 11.6 Å². The fourth-order valence-corrected chi connectivity index (χ4v) is 2.21. The molecule has 0 unspecified atom stereocenters. The highest BCUT2D eigenvalue weighted by Gasteiger charge is 2.13. The summed E-state index contributed by atoms with van der Waals surface area (Å²) in [5.74, 6) is 1.27. The Bertz CT molecular complexity index is 668. The van der Waals surface area contributed by atoms with E-state index in [1.54, 1.807) is 18.2 Å². The van der Waals surface area contributed by atoms with Gasteiger partial charge in [0.1, 0.15) is 0 Å². The van der Waals surface area contributed by atoms with E-state index in [-0.39, 0.29) is 19.2 Å². The summed E-state index contributed by atoms with van der Waals surface area (Å²) in [6.07, 6.45) is 0. The summed E-state index contributed by atoms with van der Waals surface area (Å²) >= 11 is 0. The van der Waals surface area contributed by atoms with Crippen molar-refractivity contribution in [2.75, 3.05) is 18.7 Å². The molecule has 0 radical (unpaired) electrons. The molecule has 2 aromatic rings. The zero-order chi connectivity index (χ0) is 15.4. The van der Waals surface area contributed by atoms with E-state index in [9.17, 15) is 4.79 Å². The van der Waals surface area contributed by atoms with Crippen LogP contribution in [0.4, 0.5) is 5.69 Å². The minimum absolute atomic E-state index is 0.0917. The third-order valence-corrected chi connectivity index (χ3v) is 3.39. The van der Waals surface area contributed by atoms with Gasteiger partial charge in [-0.25, -0.2) is 0 Å². The number of nitrogens with one attached hydrogen (secondary N) is 2. The number of fused-ring (bicyclic) bond motifs is 1. The van der Waals surface area contributed by atoms with Crippen LogP contribution in [-0.4, -0.2) is 19.2 Å². The Labute approximate surface area is 129 Å². The van der Waals surface area contributed by atoms with E-state index in [1.807, 2.05) is 0 Å². The van der Waals surface area contributed by atoms with Crippen LogP contribution in [0.25, 0.3) is 0 Å². The molecule has 1 amide bonds. The first-order chi connectivity index (χ1) is 10.7. The second-order valence-corrected chi connectivity index (χ2v) is 5.21. The van der Waals surface area contributed by atoms with E-state index in [2.05, 4.69) is 41.8 Å². The monoisotopic (exact) mass is 298 g/mol. The Kier molecular flexibility index (Phi) is 4.25. The first kappa shape index (κ1) is 14.4. The lowest BCUT2D eigenvalue weighted by Crippen LogP contribution is -2.27. The number of ether oxygens (including phenoxy) is 2. The second kappa shape index (κ2) is 6.49. The van der Waals surface area contributed by atoms with Gasteiger partial charge in [0.2, 0.25) is 12.7 Å². The van der Waals surface area contributed by atoms with Gasteiger partial charge in [-0.2, -0.15) is 0 Å². The van der Waals surface area contributed by atoms with Crippen molar-refractivity contribution < 1.29 is 14.3 Å². The highest BCUT2D eigenvalue weighted by atomic mass is 16.7. The Morgan fingerprint density at radius 1 is 1.09 bits per heavy atom. The first-order valence-corrected chi connectivity index (χ1v) is 7.16. The van der Waals surface area contributed by atoms with Crippen molar-refractivity contribution in [3.05, 3.63) is 53.6 Å². The number of carbonyl (C=O) groups is 1. The highest BCUT2D eigenvalue weighted by molar-refractivity contribution is 5.92. The Hall–Kier alpha value is -2.53. The van der Waals surface area contributed by atoms with Gasteiger partial charge in [-0.15, -0.1) is 0 Å². The molecule has 2 aromatic carbocycles. The van der Waals surface area contributed by atoms with Crippen molar-refractivity contribution in [3.63, 3.8) is 0 Å². The van der Waals surface area contributed by atoms with E-state index < -0.39 is 0 Å². The van der Waals surface area contributed by atoms with Crippen LogP contribution in [0, 0.1) is 6.92 Å². The van der Waals surface area contributed by atoms with Crippen LogP contribution < -0.4 is 20.1 Å². The normalized spacial score (nSPS) is 12.2. The lowest BCUT2D eigenvalue weighted by Gasteiger charge is -2.08.